The van der Waals surface area contributed by atoms with Gasteiger partial charge in [-0.05, 0) is 12.5 Å². The number of hydrogen-bond acceptors (Lipinski definition) is 3. The average Bonchev–Trinajstić information content (AvgIpc) is 2.44. The summed E-state index contributed by atoms with van der Waals surface area (Å²) in [6.45, 7) is 2.22. The van der Waals surface area contributed by atoms with Crippen LogP contribution in [0.5, 0.6) is 0 Å². The van der Waals surface area contributed by atoms with E-state index in [-0.39, 0.29) is 12.1 Å². The van der Waals surface area contributed by atoms with Gasteiger partial charge < -0.3 is 10.2 Å². The van der Waals surface area contributed by atoms with Crippen molar-refractivity contribution in [1.82, 2.24) is 10.2 Å². The first-order chi connectivity index (χ1) is 9.15. The molecule has 0 aromatic heterocycles. The van der Waals surface area contributed by atoms with Crippen LogP contribution in [0.15, 0.2) is 41.6 Å². The zero-order valence-electron chi connectivity index (χ0n) is 11.3. The Morgan fingerprint density at radius 3 is 2.63 bits per heavy atom. The lowest BCUT2D eigenvalue weighted by atomic mass is 9.96. The maximum absolute atomic E-state index is 11.9. The van der Waals surface area contributed by atoms with Crippen molar-refractivity contribution in [2.75, 3.05) is 20.8 Å². The van der Waals surface area contributed by atoms with E-state index < -0.39 is 0 Å². The highest BCUT2D eigenvalue weighted by molar-refractivity contribution is 5.78. The fourth-order valence-corrected chi connectivity index (χ4v) is 2.12. The topological polar surface area (TPSA) is 50.8 Å². The molecule has 0 spiro atoms. The Bertz CT molecular complexity index is 485. The maximum atomic E-state index is 11.9. The first-order valence-electron chi connectivity index (χ1n) is 6.09. The number of hydrogen-bond donors (Lipinski definition) is 1. The first kappa shape index (κ1) is 13.6. The van der Waals surface area contributed by atoms with Gasteiger partial charge in [0.25, 0.3) is 0 Å². The van der Waals surface area contributed by atoms with Crippen LogP contribution in [0.3, 0.4) is 0 Å². The van der Waals surface area contributed by atoms with Gasteiger partial charge in [-0.3, -0.25) is 0 Å². The van der Waals surface area contributed by atoms with Crippen LogP contribution in [0, 0.1) is 0 Å². The van der Waals surface area contributed by atoms with E-state index in [0.717, 1.165) is 16.8 Å². The van der Waals surface area contributed by atoms with Gasteiger partial charge in [0.05, 0.1) is 13.2 Å². The number of allylic oxidation sites excluding steroid dienone is 1. The number of urea groups is 1. The lowest BCUT2D eigenvalue weighted by molar-refractivity contribution is -0.266. The van der Waals surface area contributed by atoms with Crippen molar-refractivity contribution >= 4 is 6.03 Å². The molecular weight excluding hydrogens is 244 g/mol. The van der Waals surface area contributed by atoms with E-state index >= 15 is 0 Å². The molecule has 0 bridgehead atoms. The van der Waals surface area contributed by atoms with E-state index in [1.165, 1.54) is 7.11 Å². The Kier molecular flexibility index (Phi) is 4.19. The van der Waals surface area contributed by atoms with Crippen molar-refractivity contribution in [1.29, 1.82) is 0 Å². The molecule has 2 amide bonds. The Morgan fingerprint density at radius 1 is 1.32 bits per heavy atom. The summed E-state index contributed by atoms with van der Waals surface area (Å²) in [5, 5.41) is 2.97. The van der Waals surface area contributed by atoms with Crippen LogP contribution in [0.25, 0.3) is 0 Å². The summed E-state index contributed by atoms with van der Waals surface area (Å²) < 4.78 is 0. The molecule has 2 rings (SSSR count). The number of rotatable bonds is 4. The number of carbonyl (C=O) groups is 1. The van der Waals surface area contributed by atoms with E-state index in [9.17, 15) is 4.79 Å². The zero-order valence-corrected chi connectivity index (χ0v) is 11.3. The summed E-state index contributed by atoms with van der Waals surface area (Å²) in [5.41, 5.74) is 2.89. The monoisotopic (exact) mass is 262 g/mol. The highest BCUT2D eigenvalue weighted by atomic mass is 17.2. The van der Waals surface area contributed by atoms with Crippen molar-refractivity contribution in [2.45, 2.75) is 13.0 Å². The van der Waals surface area contributed by atoms with Crippen LogP contribution in [-0.4, -0.2) is 31.7 Å². The van der Waals surface area contributed by atoms with Gasteiger partial charge in [-0.25, -0.2) is 14.6 Å². The fraction of sp³-hybridized carbons (Fsp3) is 0.357. The van der Waals surface area contributed by atoms with E-state index in [4.69, 9.17) is 4.89 Å². The highest BCUT2D eigenvalue weighted by Crippen LogP contribution is 2.29. The van der Waals surface area contributed by atoms with Gasteiger partial charge in [-0.15, -0.1) is 0 Å². The van der Waals surface area contributed by atoms with Crippen LogP contribution in [0.1, 0.15) is 18.5 Å². The third-order valence-corrected chi connectivity index (χ3v) is 3.35. The molecular formula is C14H18N2O3. The second-order valence-corrected chi connectivity index (χ2v) is 4.39. The molecule has 1 unspecified atom stereocenters. The number of nitrogens with one attached hydrogen (secondary N) is 1. The van der Waals surface area contributed by atoms with Gasteiger partial charge in [-0.1, -0.05) is 30.3 Å². The summed E-state index contributed by atoms with van der Waals surface area (Å²) in [4.78, 5) is 23.2. The second kappa shape index (κ2) is 5.86. The molecule has 102 valence electrons. The predicted molar refractivity (Wildman–Crippen MR) is 71.1 cm³/mol. The lowest BCUT2D eigenvalue weighted by Gasteiger charge is -2.34. The van der Waals surface area contributed by atoms with Crippen LogP contribution in [0.4, 0.5) is 4.79 Å². The number of amides is 2. The summed E-state index contributed by atoms with van der Waals surface area (Å²) in [6, 6.07) is 9.51. The summed E-state index contributed by atoms with van der Waals surface area (Å²) in [6.07, 6.45) is 0. The van der Waals surface area contributed by atoms with E-state index in [0.29, 0.717) is 6.61 Å². The molecule has 1 aliphatic heterocycles. The Morgan fingerprint density at radius 2 is 2.00 bits per heavy atom. The number of carbonyl (C=O) groups excluding carboxylic acids is 1. The predicted octanol–water partition coefficient (Wildman–Crippen LogP) is 2.23. The van der Waals surface area contributed by atoms with Crippen molar-refractivity contribution in [3.63, 3.8) is 0 Å². The molecule has 1 aromatic carbocycles. The van der Waals surface area contributed by atoms with Gasteiger partial charge in [0.15, 0.2) is 0 Å². The molecule has 0 radical (unpaired) electrons. The number of nitrogens with zero attached hydrogens (tertiary/aromatic N) is 1. The van der Waals surface area contributed by atoms with Gasteiger partial charge in [0, 0.05) is 18.3 Å². The van der Waals surface area contributed by atoms with Gasteiger partial charge >= 0.3 is 6.03 Å². The molecule has 0 saturated heterocycles. The minimum atomic E-state index is -0.181. The Labute approximate surface area is 112 Å². The van der Waals surface area contributed by atoms with Crippen molar-refractivity contribution < 1.29 is 14.6 Å². The molecule has 0 fully saturated rings. The Balaban J connectivity index is 2.37. The normalized spacial score (nSPS) is 19.6. The van der Waals surface area contributed by atoms with Gasteiger partial charge in [0.1, 0.15) is 6.61 Å². The summed E-state index contributed by atoms with van der Waals surface area (Å²) in [7, 11) is 3.21. The largest absolute Gasteiger partial charge is 0.327 e. The van der Waals surface area contributed by atoms with Crippen LogP contribution in [0.2, 0.25) is 0 Å². The molecule has 5 heteroatoms. The number of benzene rings is 1. The summed E-state index contributed by atoms with van der Waals surface area (Å²) >= 11 is 0. The van der Waals surface area contributed by atoms with Gasteiger partial charge in [-0.2, -0.15) is 0 Å². The molecule has 1 atom stereocenters. The van der Waals surface area contributed by atoms with E-state index in [1.54, 1.807) is 11.9 Å². The molecule has 1 aromatic rings. The van der Waals surface area contributed by atoms with Crippen molar-refractivity contribution in [2.24, 2.45) is 0 Å². The molecule has 1 N–H and O–H groups in total. The van der Waals surface area contributed by atoms with Crippen LogP contribution < -0.4 is 5.32 Å². The second-order valence-electron chi connectivity index (χ2n) is 4.39. The van der Waals surface area contributed by atoms with Crippen LogP contribution in [-0.2, 0) is 9.78 Å². The standard InChI is InChI=1S/C14H18N2O3/c1-10-12(9-19-18-3)13(15-14(17)16(10)2)11-7-5-4-6-8-11/h4-8,13H,9H2,1-3H3,(H,15,17). The highest BCUT2D eigenvalue weighted by Gasteiger charge is 2.29. The quantitative estimate of drug-likeness (QED) is 0.668. The lowest BCUT2D eigenvalue weighted by Crippen LogP contribution is -2.45. The smallest absolute Gasteiger partial charge is 0.322 e. The Hall–Kier alpha value is -1.85. The molecule has 1 heterocycles. The molecule has 0 saturated carbocycles. The summed E-state index contributed by atoms with van der Waals surface area (Å²) in [5.74, 6) is 0. The van der Waals surface area contributed by atoms with Crippen molar-refractivity contribution in [3.8, 4) is 0 Å². The molecule has 1 aliphatic rings. The third kappa shape index (κ3) is 2.77. The molecule has 5 nitrogen and oxygen atoms in total. The average molecular weight is 262 g/mol. The van der Waals surface area contributed by atoms with E-state index in [2.05, 4.69) is 10.2 Å². The SMILES string of the molecule is COOCC1=C(C)N(C)C(=O)NC1c1ccccc1. The third-order valence-electron chi connectivity index (χ3n) is 3.35. The minimum Gasteiger partial charge on any atom is -0.327 e. The van der Waals surface area contributed by atoms with Crippen molar-refractivity contribution in [3.05, 3.63) is 47.2 Å². The maximum Gasteiger partial charge on any atom is 0.322 e. The van der Waals surface area contributed by atoms with Crippen LogP contribution >= 0.6 is 0 Å². The first-order valence-corrected chi connectivity index (χ1v) is 6.09. The fourth-order valence-electron chi connectivity index (χ4n) is 2.12. The minimum absolute atomic E-state index is 0.118. The molecule has 19 heavy (non-hydrogen) atoms. The zero-order chi connectivity index (χ0) is 13.8. The molecule has 0 aliphatic carbocycles. The van der Waals surface area contributed by atoms with Gasteiger partial charge in [0.2, 0.25) is 0 Å². The van der Waals surface area contributed by atoms with E-state index in [1.807, 2.05) is 37.3 Å².